The molecule has 98 valence electrons. The molecule has 7 nitrogen and oxygen atoms in total. The molecule has 1 aromatic carbocycles. The molecule has 0 aromatic heterocycles. The highest BCUT2D eigenvalue weighted by atomic mass is 16.5. The number of hydrogen-bond acceptors (Lipinski definition) is 3. The van der Waals surface area contributed by atoms with Gasteiger partial charge in [0.1, 0.15) is 11.5 Å². The Morgan fingerprint density at radius 1 is 1.39 bits per heavy atom. The van der Waals surface area contributed by atoms with Gasteiger partial charge in [-0.05, 0) is 13.8 Å². The minimum Gasteiger partial charge on any atom is -0.507 e. The molecule has 0 atom stereocenters. The standard InChI is InChI=1S/C11H16N4O3/c1-5-7(16)4-8(18-3)6(2)9(5)14-11(17)15-10(12)13/h4,16H,1-3H3,(H5,12,13,14,15,17). The Hall–Kier alpha value is -2.44. The molecule has 0 radical (unpaired) electrons. The number of nitrogens with zero attached hydrogens (tertiary/aromatic N) is 1. The van der Waals surface area contributed by atoms with Crippen molar-refractivity contribution in [1.82, 2.24) is 0 Å². The molecule has 0 bridgehead atoms. The van der Waals surface area contributed by atoms with Crippen LogP contribution in [0, 0.1) is 13.8 Å². The molecule has 0 aliphatic rings. The number of benzene rings is 1. The van der Waals surface area contributed by atoms with Crippen LogP contribution in [-0.2, 0) is 0 Å². The molecule has 6 N–H and O–H groups in total. The van der Waals surface area contributed by atoms with Gasteiger partial charge < -0.3 is 26.6 Å². The van der Waals surface area contributed by atoms with Gasteiger partial charge in [0.2, 0.25) is 0 Å². The predicted octanol–water partition coefficient (Wildman–Crippen LogP) is 0.823. The van der Waals surface area contributed by atoms with Gasteiger partial charge in [-0.2, -0.15) is 4.99 Å². The second-order valence-electron chi connectivity index (χ2n) is 3.69. The van der Waals surface area contributed by atoms with E-state index >= 15 is 0 Å². The minimum absolute atomic E-state index is 0.0115. The average Bonchev–Trinajstić information content (AvgIpc) is 2.28. The van der Waals surface area contributed by atoms with Gasteiger partial charge in [0.15, 0.2) is 5.96 Å². The number of methoxy groups -OCH3 is 1. The summed E-state index contributed by atoms with van der Waals surface area (Å²) >= 11 is 0. The molecule has 0 heterocycles. The summed E-state index contributed by atoms with van der Waals surface area (Å²) in [6.07, 6.45) is 0. The lowest BCUT2D eigenvalue weighted by Gasteiger charge is -2.14. The van der Waals surface area contributed by atoms with E-state index in [1.54, 1.807) is 13.8 Å². The maximum Gasteiger partial charge on any atom is 0.348 e. The van der Waals surface area contributed by atoms with Crippen LogP contribution in [0.15, 0.2) is 11.1 Å². The number of nitrogens with one attached hydrogen (secondary N) is 1. The third-order valence-electron chi connectivity index (χ3n) is 2.45. The fraction of sp³-hybridized carbons (Fsp3) is 0.273. The highest BCUT2D eigenvalue weighted by Crippen LogP contribution is 2.35. The number of phenolic OH excluding ortho intramolecular Hbond substituents is 1. The Morgan fingerprint density at radius 3 is 2.50 bits per heavy atom. The Labute approximate surface area is 104 Å². The van der Waals surface area contributed by atoms with Gasteiger partial charge in [0, 0.05) is 17.2 Å². The van der Waals surface area contributed by atoms with Crippen molar-refractivity contribution in [2.24, 2.45) is 16.5 Å². The van der Waals surface area contributed by atoms with Crippen LogP contribution in [0.3, 0.4) is 0 Å². The highest BCUT2D eigenvalue weighted by molar-refractivity contribution is 5.99. The third kappa shape index (κ3) is 2.82. The van der Waals surface area contributed by atoms with E-state index in [9.17, 15) is 9.90 Å². The second-order valence-corrected chi connectivity index (χ2v) is 3.69. The Morgan fingerprint density at radius 2 is 2.00 bits per heavy atom. The van der Waals surface area contributed by atoms with E-state index in [0.29, 0.717) is 22.6 Å². The van der Waals surface area contributed by atoms with Crippen molar-refractivity contribution in [3.8, 4) is 11.5 Å². The van der Waals surface area contributed by atoms with E-state index in [0.717, 1.165) is 0 Å². The largest absolute Gasteiger partial charge is 0.507 e. The molecule has 0 spiro atoms. The van der Waals surface area contributed by atoms with E-state index in [1.807, 2.05) is 0 Å². The molecule has 18 heavy (non-hydrogen) atoms. The fourth-order valence-electron chi connectivity index (χ4n) is 1.52. The number of phenols is 1. The molecule has 0 aliphatic heterocycles. The number of carbonyl (C=O) groups excluding carboxylic acids is 1. The van der Waals surface area contributed by atoms with Gasteiger partial charge in [0.05, 0.1) is 12.8 Å². The van der Waals surface area contributed by atoms with Gasteiger partial charge in [0.25, 0.3) is 0 Å². The first-order chi connectivity index (χ1) is 8.36. The van der Waals surface area contributed by atoms with E-state index in [1.165, 1.54) is 13.2 Å². The van der Waals surface area contributed by atoms with Crippen molar-refractivity contribution in [2.75, 3.05) is 12.4 Å². The Kier molecular flexibility index (Phi) is 3.98. The molecule has 0 fully saturated rings. The number of aromatic hydroxyl groups is 1. The first-order valence-electron chi connectivity index (χ1n) is 5.14. The molecular formula is C11H16N4O3. The van der Waals surface area contributed by atoms with Crippen LogP contribution in [-0.4, -0.2) is 24.2 Å². The van der Waals surface area contributed by atoms with Crippen LogP contribution in [0.4, 0.5) is 10.5 Å². The summed E-state index contributed by atoms with van der Waals surface area (Å²) < 4.78 is 5.09. The van der Waals surface area contributed by atoms with Gasteiger partial charge in [-0.15, -0.1) is 0 Å². The third-order valence-corrected chi connectivity index (χ3v) is 2.45. The number of carbonyl (C=O) groups is 1. The lowest BCUT2D eigenvalue weighted by molar-refractivity contribution is 0.259. The van der Waals surface area contributed by atoms with Crippen molar-refractivity contribution in [3.05, 3.63) is 17.2 Å². The molecular weight excluding hydrogens is 236 g/mol. The summed E-state index contributed by atoms with van der Waals surface area (Å²) in [5.41, 5.74) is 11.8. The quantitative estimate of drug-likeness (QED) is 0.458. The number of urea groups is 1. The van der Waals surface area contributed by atoms with Crippen LogP contribution in [0.1, 0.15) is 11.1 Å². The predicted molar refractivity (Wildman–Crippen MR) is 69.0 cm³/mol. The zero-order valence-corrected chi connectivity index (χ0v) is 10.4. The van der Waals surface area contributed by atoms with E-state index in [2.05, 4.69) is 10.3 Å². The molecule has 0 saturated carbocycles. The molecule has 0 aliphatic carbocycles. The first kappa shape index (κ1) is 13.6. The van der Waals surface area contributed by atoms with Crippen molar-refractivity contribution in [2.45, 2.75) is 13.8 Å². The van der Waals surface area contributed by atoms with Crippen LogP contribution in [0.25, 0.3) is 0 Å². The van der Waals surface area contributed by atoms with Crippen molar-refractivity contribution >= 4 is 17.7 Å². The molecule has 2 amide bonds. The molecule has 0 unspecified atom stereocenters. The van der Waals surface area contributed by atoms with Crippen molar-refractivity contribution < 1.29 is 14.6 Å². The van der Waals surface area contributed by atoms with Gasteiger partial charge >= 0.3 is 6.03 Å². The number of aliphatic imine (C=N–C) groups is 1. The van der Waals surface area contributed by atoms with Crippen LogP contribution in [0.2, 0.25) is 0 Å². The van der Waals surface area contributed by atoms with E-state index < -0.39 is 6.03 Å². The smallest absolute Gasteiger partial charge is 0.348 e. The van der Waals surface area contributed by atoms with Crippen LogP contribution < -0.4 is 21.5 Å². The first-order valence-corrected chi connectivity index (χ1v) is 5.14. The fourth-order valence-corrected chi connectivity index (χ4v) is 1.52. The molecule has 0 saturated heterocycles. The monoisotopic (exact) mass is 252 g/mol. The van der Waals surface area contributed by atoms with E-state index in [4.69, 9.17) is 16.2 Å². The van der Waals surface area contributed by atoms with Crippen molar-refractivity contribution in [3.63, 3.8) is 0 Å². The van der Waals surface area contributed by atoms with E-state index in [-0.39, 0.29) is 11.7 Å². The average molecular weight is 252 g/mol. The Bertz CT molecular complexity index is 508. The lowest BCUT2D eigenvalue weighted by atomic mass is 10.1. The maximum absolute atomic E-state index is 11.5. The molecule has 1 aromatic rings. The number of nitrogens with two attached hydrogens (primary N) is 2. The number of amides is 2. The molecule has 1 rings (SSSR count). The summed E-state index contributed by atoms with van der Waals surface area (Å²) in [5.74, 6) is 0.130. The van der Waals surface area contributed by atoms with Gasteiger partial charge in [-0.3, -0.25) is 0 Å². The summed E-state index contributed by atoms with van der Waals surface area (Å²) in [5, 5.41) is 12.2. The lowest BCUT2D eigenvalue weighted by Crippen LogP contribution is -2.25. The number of ether oxygens (including phenoxy) is 1. The van der Waals surface area contributed by atoms with Crippen molar-refractivity contribution in [1.29, 1.82) is 0 Å². The summed E-state index contributed by atoms with van der Waals surface area (Å²) in [4.78, 5) is 14.8. The van der Waals surface area contributed by atoms with Gasteiger partial charge in [-0.1, -0.05) is 0 Å². The maximum atomic E-state index is 11.5. The SMILES string of the molecule is COc1cc(O)c(C)c(NC(=O)N=C(N)N)c1C. The normalized spacial score (nSPS) is 9.72. The number of hydrogen-bond donors (Lipinski definition) is 4. The topological polar surface area (TPSA) is 123 Å². The number of rotatable bonds is 2. The summed E-state index contributed by atoms with van der Waals surface area (Å²) in [7, 11) is 1.47. The minimum atomic E-state index is -0.714. The summed E-state index contributed by atoms with van der Waals surface area (Å²) in [6, 6.07) is 0.759. The second kappa shape index (κ2) is 5.26. The van der Waals surface area contributed by atoms with Gasteiger partial charge in [-0.25, -0.2) is 4.79 Å². The van der Waals surface area contributed by atoms with Crippen LogP contribution in [0.5, 0.6) is 11.5 Å². The zero-order valence-electron chi connectivity index (χ0n) is 10.4. The molecule has 7 heteroatoms. The highest BCUT2D eigenvalue weighted by Gasteiger charge is 2.14. The zero-order chi connectivity index (χ0) is 13.9. The number of anilines is 1. The Balaban J connectivity index is 3.19. The van der Waals surface area contributed by atoms with Crippen LogP contribution >= 0.6 is 0 Å². The summed E-state index contributed by atoms with van der Waals surface area (Å²) in [6.45, 7) is 3.41. The number of guanidine groups is 1.